The topological polar surface area (TPSA) is 29.3 Å². The second kappa shape index (κ2) is 4.83. The monoisotopic (exact) mass is 170 g/mol. The van der Waals surface area contributed by atoms with Crippen LogP contribution >= 0.6 is 0 Å². The van der Waals surface area contributed by atoms with Gasteiger partial charge < -0.3 is 10.6 Å². The molecule has 1 heterocycles. The SMILES string of the molecule is CC(CCN)C1CCN(C)CC1. The Morgan fingerprint density at radius 1 is 1.42 bits per heavy atom. The van der Waals surface area contributed by atoms with Gasteiger partial charge in [0.2, 0.25) is 0 Å². The molecule has 0 aromatic rings. The van der Waals surface area contributed by atoms with E-state index in [9.17, 15) is 0 Å². The highest BCUT2D eigenvalue weighted by atomic mass is 15.1. The van der Waals surface area contributed by atoms with Crippen LogP contribution in [-0.4, -0.2) is 31.6 Å². The molecule has 0 bridgehead atoms. The van der Waals surface area contributed by atoms with E-state index in [4.69, 9.17) is 5.73 Å². The zero-order valence-electron chi connectivity index (χ0n) is 8.42. The average molecular weight is 170 g/mol. The number of nitrogens with zero attached hydrogens (tertiary/aromatic N) is 1. The lowest BCUT2D eigenvalue weighted by atomic mass is 9.84. The highest BCUT2D eigenvalue weighted by Gasteiger charge is 2.21. The zero-order chi connectivity index (χ0) is 8.97. The predicted molar refractivity (Wildman–Crippen MR) is 53.1 cm³/mol. The lowest BCUT2D eigenvalue weighted by molar-refractivity contribution is 0.174. The van der Waals surface area contributed by atoms with Gasteiger partial charge in [0.1, 0.15) is 0 Å². The van der Waals surface area contributed by atoms with Crippen molar-refractivity contribution in [3.8, 4) is 0 Å². The summed E-state index contributed by atoms with van der Waals surface area (Å²) in [5.74, 6) is 1.77. The van der Waals surface area contributed by atoms with E-state index in [2.05, 4.69) is 18.9 Å². The minimum absolute atomic E-state index is 0.837. The molecule has 0 aromatic carbocycles. The molecule has 0 saturated carbocycles. The van der Waals surface area contributed by atoms with Crippen molar-refractivity contribution in [3.05, 3.63) is 0 Å². The van der Waals surface area contributed by atoms with Gasteiger partial charge in [-0.1, -0.05) is 6.92 Å². The molecule has 1 aliphatic rings. The van der Waals surface area contributed by atoms with Gasteiger partial charge in [-0.2, -0.15) is 0 Å². The van der Waals surface area contributed by atoms with Crippen LogP contribution in [-0.2, 0) is 0 Å². The number of piperidine rings is 1. The molecule has 0 aromatic heterocycles. The molecule has 12 heavy (non-hydrogen) atoms. The van der Waals surface area contributed by atoms with Gasteiger partial charge in [-0.3, -0.25) is 0 Å². The van der Waals surface area contributed by atoms with E-state index >= 15 is 0 Å². The lowest BCUT2D eigenvalue weighted by Crippen LogP contribution is -2.33. The van der Waals surface area contributed by atoms with Gasteiger partial charge in [0.15, 0.2) is 0 Å². The van der Waals surface area contributed by atoms with E-state index in [0.717, 1.165) is 18.4 Å². The van der Waals surface area contributed by atoms with Crippen LogP contribution in [0.2, 0.25) is 0 Å². The summed E-state index contributed by atoms with van der Waals surface area (Å²) in [6.45, 7) is 5.76. The summed E-state index contributed by atoms with van der Waals surface area (Å²) in [6.07, 6.45) is 3.95. The van der Waals surface area contributed by atoms with Crippen molar-refractivity contribution in [3.63, 3.8) is 0 Å². The number of rotatable bonds is 3. The van der Waals surface area contributed by atoms with Crippen molar-refractivity contribution in [1.29, 1.82) is 0 Å². The second-order valence-electron chi connectivity index (χ2n) is 4.20. The van der Waals surface area contributed by atoms with Crippen LogP contribution in [0.1, 0.15) is 26.2 Å². The van der Waals surface area contributed by atoms with E-state index in [1.54, 1.807) is 0 Å². The van der Waals surface area contributed by atoms with Crippen molar-refractivity contribution >= 4 is 0 Å². The van der Waals surface area contributed by atoms with Crippen LogP contribution in [0.4, 0.5) is 0 Å². The molecule has 0 amide bonds. The summed E-state index contributed by atoms with van der Waals surface area (Å²) >= 11 is 0. The third-order valence-corrected chi connectivity index (χ3v) is 3.19. The molecule has 1 atom stereocenters. The number of likely N-dealkylation sites (tertiary alicyclic amines) is 1. The molecule has 1 aliphatic heterocycles. The summed E-state index contributed by atoms with van der Waals surface area (Å²) < 4.78 is 0. The van der Waals surface area contributed by atoms with Crippen molar-refractivity contribution < 1.29 is 0 Å². The van der Waals surface area contributed by atoms with Crippen LogP contribution < -0.4 is 5.73 Å². The summed E-state index contributed by atoms with van der Waals surface area (Å²) in [6, 6.07) is 0. The standard InChI is InChI=1S/C10H22N2/c1-9(3-6-11)10-4-7-12(2)8-5-10/h9-10H,3-8,11H2,1-2H3. The highest BCUT2D eigenvalue weighted by molar-refractivity contribution is 4.74. The number of hydrogen-bond donors (Lipinski definition) is 1. The maximum Gasteiger partial charge on any atom is -0.00190 e. The molecule has 0 radical (unpaired) electrons. The fourth-order valence-corrected chi connectivity index (χ4v) is 2.10. The first-order chi connectivity index (χ1) is 5.74. The van der Waals surface area contributed by atoms with E-state index in [1.807, 2.05) is 0 Å². The van der Waals surface area contributed by atoms with Gasteiger partial charge in [-0.05, 0) is 57.8 Å². The third-order valence-electron chi connectivity index (χ3n) is 3.19. The van der Waals surface area contributed by atoms with E-state index in [1.165, 1.54) is 32.4 Å². The first-order valence-corrected chi connectivity index (χ1v) is 5.12. The Hall–Kier alpha value is -0.0800. The maximum atomic E-state index is 5.55. The number of hydrogen-bond acceptors (Lipinski definition) is 2. The lowest BCUT2D eigenvalue weighted by Gasteiger charge is -2.32. The Morgan fingerprint density at radius 2 is 2.00 bits per heavy atom. The van der Waals surface area contributed by atoms with Gasteiger partial charge >= 0.3 is 0 Å². The first-order valence-electron chi connectivity index (χ1n) is 5.12. The largest absolute Gasteiger partial charge is 0.330 e. The van der Waals surface area contributed by atoms with Gasteiger partial charge in [0.05, 0.1) is 0 Å². The molecule has 0 spiro atoms. The molecule has 0 aliphatic carbocycles. The van der Waals surface area contributed by atoms with Crippen LogP contribution in [0.15, 0.2) is 0 Å². The normalized spacial score (nSPS) is 24.2. The van der Waals surface area contributed by atoms with Crippen molar-refractivity contribution in [2.75, 3.05) is 26.7 Å². The average Bonchev–Trinajstić information content (AvgIpc) is 2.06. The molecular weight excluding hydrogens is 148 g/mol. The molecule has 2 N–H and O–H groups in total. The Morgan fingerprint density at radius 3 is 2.50 bits per heavy atom. The molecule has 2 heteroatoms. The van der Waals surface area contributed by atoms with E-state index < -0.39 is 0 Å². The molecule has 1 fully saturated rings. The maximum absolute atomic E-state index is 5.55. The van der Waals surface area contributed by atoms with Gasteiger partial charge in [-0.15, -0.1) is 0 Å². The molecule has 72 valence electrons. The molecule has 1 saturated heterocycles. The summed E-state index contributed by atoms with van der Waals surface area (Å²) in [5, 5.41) is 0. The Balaban J connectivity index is 2.24. The van der Waals surface area contributed by atoms with Gasteiger partial charge in [0.25, 0.3) is 0 Å². The molecule has 2 nitrogen and oxygen atoms in total. The van der Waals surface area contributed by atoms with E-state index in [-0.39, 0.29) is 0 Å². The predicted octanol–water partition coefficient (Wildman–Crippen LogP) is 1.31. The molecule has 1 rings (SSSR count). The van der Waals surface area contributed by atoms with E-state index in [0.29, 0.717) is 0 Å². The Bertz CT molecular complexity index is 117. The summed E-state index contributed by atoms with van der Waals surface area (Å²) in [5.41, 5.74) is 5.55. The minimum atomic E-state index is 0.837. The highest BCUT2D eigenvalue weighted by Crippen LogP contribution is 2.25. The summed E-state index contributed by atoms with van der Waals surface area (Å²) in [7, 11) is 2.21. The second-order valence-corrected chi connectivity index (χ2v) is 4.20. The van der Waals surface area contributed by atoms with Crippen molar-refractivity contribution in [1.82, 2.24) is 4.90 Å². The smallest absolute Gasteiger partial charge is 0.00190 e. The van der Waals surface area contributed by atoms with Crippen LogP contribution in [0.5, 0.6) is 0 Å². The summed E-state index contributed by atoms with van der Waals surface area (Å²) in [4.78, 5) is 2.42. The van der Waals surface area contributed by atoms with Crippen molar-refractivity contribution in [2.45, 2.75) is 26.2 Å². The minimum Gasteiger partial charge on any atom is -0.330 e. The van der Waals surface area contributed by atoms with Crippen LogP contribution in [0.25, 0.3) is 0 Å². The quantitative estimate of drug-likeness (QED) is 0.692. The third kappa shape index (κ3) is 2.76. The van der Waals surface area contributed by atoms with Crippen molar-refractivity contribution in [2.24, 2.45) is 17.6 Å². The van der Waals surface area contributed by atoms with Crippen LogP contribution in [0, 0.1) is 11.8 Å². The fourth-order valence-electron chi connectivity index (χ4n) is 2.10. The number of nitrogens with two attached hydrogens (primary N) is 1. The van der Waals surface area contributed by atoms with Crippen LogP contribution in [0.3, 0.4) is 0 Å². The zero-order valence-corrected chi connectivity index (χ0v) is 8.42. The molecule has 1 unspecified atom stereocenters. The molecular formula is C10H22N2. The van der Waals surface area contributed by atoms with Gasteiger partial charge in [0, 0.05) is 0 Å². The fraction of sp³-hybridized carbons (Fsp3) is 1.00. The Labute approximate surface area is 76.1 Å². The first kappa shape index (κ1) is 10.0. The Kier molecular flexibility index (Phi) is 4.02. The van der Waals surface area contributed by atoms with Gasteiger partial charge in [-0.25, -0.2) is 0 Å².